The first-order valence-electron chi connectivity index (χ1n) is 9.82. The Bertz CT molecular complexity index is 1150. The molecule has 7 heteroatoms. The lowest BCUT2D eigenvalue weighted by Crippen LogP contribution is -2.36. The number of benzene rings is 2. The molecular weight excluding hydrogens is 380 g/mol. The maximum absolute atomic E-state index is 12.7. The summed E-state index contributed by atoms with van der Waals surface area (Å²) >= 11 is 0. The van der Waals surface area contributed by atoms with Crippen LogP contribution in [-0.4, -0.2) is 42.2 Å². The number of carbonyl (C=O) groups is 1. The van der Waals surface area contributed by atoms with Crippen molar-refractivity contribution in [1.29, 1.82) is 0 Å². The number of pyridine rings is 1. The van der Waals surface area contributed by atoms with Crippen molar-refractivity contribution < 1.29 is 13.9 Å². The number of hydrogen-bond acceptors (Lipinski definition) is 6. The summed E-state index contributed by atoms with van der Waals surface area (Å²) in [6.07, 6.45) is 1.68. The lowest BCUT2D eigenvalue weighted by molar-refractivity contribution is 0.102. The van der Waals surface area contributed by atoms with Gasteiger partial charge in [-0.15, -0.1) is 0 Å². The molecule has 2 aromatic carbocycles. The fourth-order valence-corrected chi connectivity index (χ4v) is 3.47. The summed E-state index contributed by atoms with van der Waals surface area (Å²) in [5.74, 6) is 0.301. The Balaban J connectivity index is 1.31. The minimum Gasteiger partial charge on any atom is -0.434 e. The molecule has 0 unspecified atom stereocenters. The van der Waals surface area contributed by atoms with E-state index in [0.717, 1.165) is 37.6 Å². The number of oxazole rings is 1. The van der Waals surface area contributed by atoms with Crippen LogP contribution in [0.5, 0.6) is 0 Å². The molecule has 1 aliphatic rings. The Labute approximate surface area is 173 Å². The highest BCUT2D eigenvalue weighted by Crippen LogP contribution is 2.25. The van der Waals surface area contributed by atoms with Crippen LogP contribution in [0.15, 0.2) is 71.3 Å². The van der Waals surface area contributed by atoms with Gasteiger partial charge in [-0.25, -0.2) is 4.98 Å². The quantitative estimate of drug-likeness (QED) is 0.558. The zero-order valence-corrected chi connectivity index (χ0v) is 16.2. The van der Waals surface area contributed by atoms with Gasteiger partial charge in [-0.2, -0.15) is 4.98 Å². The molecule has 7 nitrogen and oxygen atoms in total. The van der Waals surface area contributed by atoms with E-state index in [1.165, 1.54) is 0 Å². The summed E-state index contributed by atoms with van der Waals surface area (Å²) in [7, 11) is 0. The number of amides is 1. The van der Waals surface area contributed by atoms with Gasteiger partial charge >= 0.3 is 0 Å². The van der Waals surface area contributed by atoms with E-state index in [2.05, 4.69) is 20.2 Å². The van der Waals surface area contributed by atoms with Gasteiger partial charge < -0.3 is 19.4 Å². The minimum absolute atomic E-state index is 0.167. The van der Waals surface area contributed by atoms with Crippen molar-refractivity contribution >= 4 is 28.5 Å². The molecule has 4 aromatic rings. The van der Waals surface area contributed by atoms with Gasteiger partial charge in [-0.1, -0.05) is 6.07 Å². The van der Waals surface area contributed by atoms with Crippen molar-refractivity contribution in [2.24, 2.45) is 0 Å². The van der Waals surface area contributed by atoms with Gasteiger partial charge in [-0.05, 0) is 54.6 Å². The molecule has 0 atom stereocenters. The molecule has 0 aliphatic carbocycles. The van der Waals surface area contributed by atoms with Gasteiger partial charge in [0.2, 0.25) is 5.89 Å². The fraction of sp³-hybridized carbons (Fsp3) is 0.174. The molecule has 0 radical (unpaired) electrons. The number of fused-ring (bicyclic) bond motifs is 1. The predicted molar refractivity (Wildman–Crippen MR) is 115 cm³/mol. The van der Waals surface area contributed by atoms with Gasteiger partial charge in [0, 0.05) is 41.8 Å². The van der Waals surface area contributed by atoms with Crippen molar-refractivity contribution in [2.75, 3.05) is 36.5 Å². The molecule has 3 heterocycles. The van der Waals surface area contributed by atoms with Crippen molar-refractivity contribution in [2.45, 2.75) is 0 Å². The first-order valence-corrected chi connectivity index (χ1v) is 9.82. The molecule has 30 heavy (non-hydrogen) atoms. The summed E-state index contributed by atoms with van der Waals surface area (Å²) in [6.45, 7) is 3.19. The highest BCUT2D eigenvalue weighted by atomic mass is 16.5. The van der Waals surface area contributed by atoms with Crippen molar-refractivity contribution in [3.8, 4) is 11.5 Å². The zero-order chi connectivity index (χ0) is 20.3. The van der Waals surface area contributed by atoms with E-state index in [4.69, 9.17) is 9.15 Å². The number of morpholine rings is 1. The monoisotopic (exact) mass is 400 g/mol. The van der Waals surface area contributed by atoms with Gasteiger partial charge in [-0.3, -0.25) is 4.79 Å². The summed E-state index contributed by atoms with van der Waals surface area (Å²) in [5.41, 5.74) is 4.33. The van der Waals surface area contributed by atoms with Crippen LogP contribution in [0.2, 0.25) is 0 Å². The molecule has 0 spiro atoms. The molecule has 1 fully saturated rings. The van der Waals surface area contributed by atoms with Crippen LogP contribution >= 0.6 is 0 Å². The first-order chi connectivity index (χ1) is 14.8. The van der Waals surface area contributed by atoms with Crippen LogP contribution < -0.4 is 10.2 Å². The average molecular weight is 400 g/mol. The van der Waals surface area contributed by atoms with Gasteiger partial charge in [0.05, 0.1) is 13.2 Å². The van der Waals surface area contributed by atoms with E-state index in [0.29, 0.717) is 28.4 Å². The van der Waals surface area contributed by atoms with Crippen LogP contribution in [0.3, 0.4) is 0 Å². The molecular formula is C23H20N4O3. The maximum atomic E-state index is 12.7. The number of nitrogens with zero attached hydrogens (tertiary/aromatic N) is 3. The van der Waals surface area contributed by atoms with Crippen molar-refractivity contribution in [1.82, 2.24) is 9.97 Å². The SMILES string of the molecule is O=C(Nc1cccc(-c2nc3ncccc3o2)c1)c1ccc(N2CCOCC2)cc1. The number of hydrogen-bond donors (Lipinski definition) is 1. The molecule has 1 N–H and O–H groups in total. The lowest BCUT2D eigenvalue weighted by Gasteiger charge is -2.28. The maximum Gasteiger partial charge on any atom is 0.255 e. The summed E-state index contributed by atoms with van der Waals surface area (Å²) < 4.78 is 11.2. The highest BCUT2D eigenvalue weighted by Gasteiger charge is 2.13. The fourth-order valence-electron chi connectivity index (χ4n) is 3.47. The van der Waals surface area contributed by atoms with Crippen LogP contribution in [0.25, 0.3) is 22.7 Å². The van der Waals surface area contributed by atoms with Crippen LogP contribution in [0.4, 0.5) is 11.4 Å². The third-order valence-electron chi connectivity index (χ3n) is 5.04. The normalized spacial score (nSPS) is 14.1. The van der Waals surface area contributed by atoms with E-state index in [1.807, 2.05) is 54.6 Å². The molecule has 0 bridgehead atoms. The molecule has 1 saturated heterocycles. The molecule has 1 amide bonds. The molecule has 150 valence electrons. The molecule has 0 saturated carbocycles. The largest absolute Gasteiger partial charge is 0.434 e. The Kier molecular flexibility index (Phi) is 4.86. The number of carbonyl (C=O) groups excluding carboxylic acids is 1. The van der Waals surface area contributed by atoms with Gasteiger partial charge in [0.15, 0.2) is 11.2 Å². The van der Waals surface area contributed by atoms with E-state index < -0.39 is 0 Å². The van der Waals surface area contributed by atoms with E-state index in [-0.39, 0.29) is 5.91 Å². The van der Waals surface area contributed by atoms with Crippen LogP contribution in [0, 0.1) is 0 Å². The Morgan fingerprint density at radius 2 is 1.83 bits per heavy atom. The Hall–Kier alpha value is -3.71. The van der Waals surface area contributed by atoms with E-state index >= 15 is 0 Å². The summed E-state index contributed by atoms with van der Waals surface area (Å²) in [5, 5.41) is 2.94. The first kappa shape index (κ1) is 18.3. The van der Waals surface area contributed by atoms with Crippen molar-refractivity contribution in [3.63, 3.8) is 0 Å². The molecule has 5 rings (SSSR count). The average Bonchev–Trinajstić information content (AvgIpc) is 3.24. The van der Waals surface area contributed by atoms with Crippen LogP contribution in [-0.2, 0) is 4.74 Å². The Morgan fingerprint density at radius 3 is 2.63 bits per heavy atom. The van der Waals surface area contributed by atoms with E-state index in [1.54, 1.807) is 12.3 Å². The van der Waals surface area contributed by atoms with E-state index in [9.17, 15) is 4.79 Å². The second kappa shape index (κ2) is 7.96. The standard InChI is InChI=1S/C23H20N4O3/c28-22(16-6-8-19(9-7-16)27-11-13-29-14-12-27)25-18-4-1-3-17(15-18)23-26-21-20(30-23)5-2-10-24-21/h1-10,15H,11-14H2,(H,25,28). The predicted octanol–water partition coefficient (Wildman–Crippen LogP) is 3.98. The lowest BCUT2D eigenvalue weighted by atomic mass is 10.1. The molecule has 2 aromatic heterocycles. The third-order valence-corrected chi connectivity index (χ3v) is 5.04. The van der Waals surface area contributed by atoms with Gasteiger partial charge in [0.1, 0.15) is 0 Å². The third kappa shape index (κ3) is 3.75. The topological polar surface area (TPSA) is 80.5 Å². The molecule has 1 aliphatic heterocycles. The smallest absolute Gasteiger partial charge is 0.255 e. The van der Waals surface area contributed by atoms with Crippen LogP contribution in [0.1, 0.15) is 10.4 Å². The number of aromatic nitrogens is 2. The number of anilines is 2. The van der Waals surface area contributed by atoms with Crippen molar-refractivity contribution in [3.05, 3.63) is 72.4 Å². The zero-order valence-electron chi connectivity index (χ0n) is 16.2. The highest BCUT2D eigenvalue weighted by molar-refractivity contribution is 6.04. The number of ether oxygens (including phenoxy) is 1. The second-order valence-corrected chi connectivity index (χ2v) is 7.03. The minimum atomic E-state index is -0.167. The summed E-state index contributed by atoms with van der Waals surface area (Å²) in [4.78, 5) is 23.6. The Morgan fingerprint density at radius 1 is 1.00 bits per heavy atom. The van der Waals surface area contributed by atoms with Gasteiger partial charge in [0.25, 0.3) is 5.91 Å². The second-order valence-electron chi connectivity index (χ2n) is 7.03. The number of rotatable bonds is 4. The number of nitrogens with one attached hydrogen (secondary N) is 1. The summed E-state index contributed by atoms with van der Waals surface area (Å²) in [6, 6.07) is 18.7.